The van der Waals surface area contributed by atoms with Gasteiger partial charge in [0.1, 0.15) is 17.7 Å². The van der Waals surface area contributed by atoms with E-state index in [1.54, 1.807) is 24.3 Å². The van der Waals surface area contributed by atoms with Gasteiger partial charge in [-0.2, -0.15) is 5.10 Å². The number of nitrogens with one attached hydrogen (secondary N) is 2. The molecular formula is C26H28FN7O2. The minimum Gasteiger partial charge on any atom is -0.382 e. The lowest BCUT2D eigenvalue weighted by Gasteiger charge is -2.18. The van der Waals surface area contributed by atoms with E-state index >= 15 is 0 Å². The van der Waals surface area contributed by atoms with Crippen molar-refractivity contribution in [2.24, 2.45) is 0 Å². The zero-order valence-electron chi connectivity index (χ0n) is 20.0. The first-order valence-electron chi connectivity index (χ1n) is 11.8. The Kier molecular flexibility index (Phi) is 6.79. The first-order valence-corrected chi connectivity index (χ1v) is 11.8. The van der Waals surface area contributed by atoms with Crippen LogP contribution >= 0.6 is 0 Å². The second-order valence-electron chi connectivity index (χ2n) is 8.84. The Hall–Kier alpha value is -4.02. The number of hydrogen-bond acceptors (Lipinski definition) is 6. The molecule has 2 amide bonds. The fraction of sp³-hybridized carbons (Fsp3) is 0.269. The van der Waals surface area contributed by atoms with Crippen LogP contribution in [0.3, 0.4) is 0 Å². The maximum atomic E-state index is 14.0. The topological polar surface area (TPSA) is 110 Å². The van der Waals surface area contributed by atoms with Gasteiger partial charge in [0.25, 0.3) is 0 Å². The van der Waals surface area contributed by atoms with Gasteiger partial charge in [-0.15, -0.1) is 0 Å². The summed E-state index contributed by atoms with van der Waals surface area (Å²) >= 11 is 0. The Morgan fingerprint density at radius 3 is 2.78 bits per heavy atom. The fourth-order valence-electron chi connectivity index (χ4n) is 4.40. The third-order valence-corrected chi connectivity index (χ3v) is 6.18. The van der Waals surface area contributed by atoms with Gasteiger partial charge in [0.15, 0.2) is 5.82 Å². The van der Waals surface area contributed by atoms with E-state index in [2.05, 4.69) is 31.7 Å². The first-order chi connectivity index (χ1) is 17.5. The van der Waals surface area contributed by atoms with Gasteiger partial charge < -0.3 is 21.1 Å². The van der Waals surface area contributed by atoms with E-state index in [0.717, 1.165) is 60.6 Å². The van der Waals surface area contributed by atoms with Gasteiger partial charge in [-0.25, -0.2) is 18.7 Å². The normalized spacial score (nSPS) is 14.5. The number of carbonyl (C=O) groups is 1. The molecule has 0 saturated carbocycles. The number of amides is 2. The van der Waals surface area contributed by atoms with Crippen molar-refractivity contribution in [1.29, 1.82) is 0 Å². The Morgan fingerprint density at radius 2 is 1.94 bits per heavy atom. The van der Waals surface area contributed by atoms with Crippen LogP contribution in [0.15, 0.2) is 54.9 Å². The van der Waals surface area contributed by atoms with Crippen molar-refractivity contribution >= 4 is 28.7 Å². The number of rotatable bonds is 5. The van der Waals surface area contributed by atoms with E-state index in [-0.39, 0.29) is 5.69 Å². The number of fused-ring (bicyclic) bond motifs is 1. The molecule has 4 N–H and O–H groups in total. The summed E-state index contributed by atoms with van der Waals surface area (Å²) in [5.41, 5.74) is 11.4. The largest absolute Gasteiger partial charge is 0.382 e. The van der Waals surface area contributed by atoms with Gasteiger partial charge in [-0.3, -0.25) is 4.90 Å². The van der Waals surface area contributed by atoms with Crippen molar-refractivity contribution in [3.63, 3.8) is 0 Å². The molecule has 3 heterocycles. The van der Waals surface area contributed by atoms with Gasteiger partial charge in [0.05, 0.1) is 18.0 Å². The van der Waals surface area contributed by atoms with Crippen molar-refractivity contribution in [3.05, 3.63) is 71.9 Å². The lowest BCUT2D eigenvalue weighted by Crippen LogP contribution is -2.26. The maximum absolute atomic E-state index is 14.0. The summed E-state index contributed by atoms with van der Waals surface area (Å²) in [7, 11) is 0. The molecule has 1 fully saturated rings. The molecule has 2 aromatic carbocycles. The standard InChI is InChI=1S/C26H28FN7O2/c1-17-3-8-22(27)23(13-17)32-26(35)31-19-6-4-18(5-7-19)21-14-20(15-33-9-2-11-36-12-10-33)34-24(21)25(28)29-16-30-34/h3-8,13-14,16H,2,9-12,15H2,1H3,(H2,28,29,30)(H2,31,32,35). The molecule has 2 aromatic heterocycles. The minimum atomic E-state index is -0.525. The summed E-state index contributed by atoms with van der Waals surface area (Å²) in [6.07, 6.45) is 2.45. The Labute approximate surface area is 208 Å². The van der Waals surface area contributed by atoms with Crippen molar-refractivity contribution in [2.45, 2.75) is 19.9 Å². The molecular weight excluding hydrogens is 461 g/mol. The van der Waals surface area contributed by atoms with Gasteiger partial charge in [0, 0.05) is 37.5 Å². The number of aromatic nitrogens is 3. The van der Waals surface area contributed by atoms with Crippen molar-refractivity contribution in [2.75, 3.05) is 42.7 Å². The van der Waals surface area contributed by atoms with Gasteiger partial charge in [-0.1, -0.05) is 18.2 Å². The molecule has 186 valence electrons. The Balaban J connectivity index is 1.36. The van der Waals surface area contributed by atoms with Crippen LogP contribution in [-0.2, 0) is 11.3 Å². The summed E-state index contributed by atoms with van der Waals surface area (Å²) in [6, 6.07) is 13.5. The molecule has 9 nitrogen and oxygen atoms in total. The number of hydrogen-bond donors (Lipinski definition) is 3. The fourth-order valence-corrected chi connectivity index (χ4v) is 4.40. The molecule has 0 bridgehead atoms. The zero-order valence-corrected chi connectivity index (χ0v) is 20.0. The van der Waals surface area contributed by atoms with Crippen LogP contribution in [0.2, 0.25) is 0 Å². The van der Waals surface area contributed by atoms with Gasteiger partial charge in [-0.05, 0) is 54.8 Å². The monoisotopic (exact) mass is 489 g/mol. The molecule has 5 rings (SSSR count). The predicted octanol–water partition coefficient (Wildman–Crippen LogP) is 4.29. The van der Waals surface area contributed by atoms with Crippen LogP contribution < -0.4 is 16.4 Å². The number of benzene rings is 2. The van der Waals surface area contributed by atoms with Crippen molar-refractivity contribution in [1.82, 2.24) is 19.5 Å². The SMILES string of the molecule is Cc1ccc(F)c(NC(=O)Nc2ccc(-c3cc(CN4CCCOCC4)n4ncnc(N)c34)cc2)c1. The van der Waals surface area contributed by atoms with E-state index in [1.165, 1.54) is 12.4 Å². The van der Waals surface area contributed by atoms with Gasteiger partial charge in [0.2, 0.25) is 0 Å². The number of nitrogens with zero attached hydrogens (tertiary/aromatic N) is 4. The predicted molar refractivity (Wildman–Crippen MR) is 137 cm³/mol. The number of aryl methyl sites for hydroxylation is 1. The summed E-state index contributed by atoms with van der Waals surface area (Å²) in [5, 5.41) is 9.75. The molecule has 1 saturated heterocycles. The van der Waals surface area contributed by atoms with E-state index in [9.17, 15) is 9.18 Å². The highest BCUT2D eigenvalue weighted by molar-refractivity contribution is 6.00. The number of anilines is 3. The van der Waals surface area contributed by atoms with Crippen LogP contribution in [0.1, 0.15) is 17.7 Å². The lowest BCUT2D eigenvalue weighted by atomic mass is 10.1. The molecule has 0 atom stereocenters. The van der Waals surface area contributed by atoms with E-state index in [1.807, 2.05) is 23.6 Å². The van der Waals surface area contributed by atoms with Crippen LogP contribution in [-0.4, -0.2) is 51.8 Å². The second-order valence-corrected chi connectivity index (χ2v) is 8.84. The first kappa shape index (κ1) is 23.7. The number of ether oxygens (including phenoxy) is 1. The van der Waals surface area contributed by atoms with E-state index in [4.69, 9.17) is 10.5 Å². The van der Waals surface area contributed by atoms with Crippen LogP contribution in [0.4, 0.5) is 26.4 Å². The minimum absolute atomic E-state index is 0.128. The van der Waals surface area contributed by atoms with Crippen LogP contribution in [0, 0.1) is 12.7 Å². The number of nitrogens with two attached hydrogens (primary N) is 1. The third-order valence-electron chi connectivity index (χ3n) is 6.18. The van der Waals surface area contributed by atoms with E-state index < -0.39 is 11.8 Å². The lowest BCUT2D eigenvalue weighted by molar-refractivity contribution is 0.140. The zero-order chi connectivity index (χ0) is 25.1. The van der Waals surface area contributed by atoms with Crippen LogP contribution in [0.5, 0.6) is 0 Å². The number of urea groups is 1. The highest BCUT2D eigenvalue weighted by Crippen LogP contribution is 2.31. The molecule has 10 heteroatoms. The Morgan fingerprint density at radius 1 is 1.11 bits per heavy atom. The average Bonchev–Trinajstić information content (AvgIpc) is 3.03. The highest BCUT2D eigenvalue weighted by atomic mass is 19.1. The molecule has 0 unspecified atom stereocenters. The smallest absolute Gasteiger partial charge is 0.323 e. The average molecular weight is 490 g/mol. The third kappa shape index (κ3) is 5.14. The summed E-state index contributed by atoms with van der Waals surface area (Å²) in [6.45, 7) is 5.86. The molecule has 0 radical (unpaired) electrons. The quantitative estimate of drug-likeness (QED) is 0.386. The number of halogens is 1. The number of nitrogen functional groups attached to an aromatic ring is 1. The highest BCUT2D eigenvalue weighted by Gasteiger charge is 2.18. The van der Waals surface area contributed by atoms with Crippen molar-refractivity contribution in [3.8, 4) is 11.1 Å². The summed E-state index contributed by atoms with van der Waals surface area (Å²) in [4.78, 5) is 18.9. The van der Waals surface area contributed by atoms with E-state index in [0.29, 0.717) is 18.1 Å². The number of carbonyl (C=O) groups excluding carboxylic acids is 1. The van der Waals surface area contributed by atoms with Crippen molar-refractivity contribution < 1.29 is 13.9 Å². The molecule has 4 aromatic rings. The molecule has 1 aliphatic heterocycles. The maximum Gasteiger partial charge on any atom is 0.323 e. The second kappa shape index (κ2) is 10.3. The molecule has 0 aliphatic carbocycles. The molecule has 36 heavy (non-hydrogen) atoms. The van der Waals surface area contributed by atoms with Gasteiger partial charge >= 0.3 is 6.03 Å². The summed E-state index contributed by atoms with van der Waals surface area (Å²) < 4.78 is 21.4. The summed E-state index contributed by atoms with van der Waals surface area (Å²) in [5.74, 6) is -0.0952. The van der Waals surface area contributed by atoms with Crippen LogP contribution in [0.25, 0.3) is 16.6 Å². The Bertz CT molecular complexity index is 1380. The molecule has 1 aliphatic rings. The molecule has 0 spiro atoms.